The van der Waals surface area contributed by atoms with Crippen LogP contribution in [-0.4, -0.2) is 27.9 Å². The zero-order valence-corrected chi connectivity index (χ0v) is 15.5. The number of rotatable bonds is 6. The van der Waals surface area contributed by atoms with Crippen LogP contribution in [0.3, 0.4) is 0 Å². The van der Waals surface area contributed by atoms with Crippen LogP contribution in [0.1, 0.15) is 32.1 Å². The standard InChI is InChI=1S/C16H19ClN4OS2/c17-11-5-4-8-13(9-11)18-14(22)10-23-16-21-20-15(24-16)19-12-6-2-1-3-7-12/h4-5,8-9,12H,1-3,6-7,10H2,(H,18,22)(H,19,20). The lowest BCUT2D eigenvalue weighted by Gasteiger charge is -2.21. The number of benzene rings is 1. The van der Waals surface area contributed by atoms with Gasteiger partial charge in [-0.15, -0.1) is 10.2 Å². The quantitative estimate of drug-likeness (QED) is 0.711. The van der Waals surface area contributed by atoms with Crippen LogP contribution >= 0.6 is 34.7 Å². The maximum Gasteiger partial charge on any atom is 0.234 e. The Bertz CT molecular complexity index is 688. The minimum absolute atomic E-state index is 0.0840. The van der Waals surface area contributed by atoms with Crippen molar-refractivity contribution in [3.05, 3.63) is 29.3 Å². The van der Waals surface area contributed by atoms with Gasteiger partial charge in [-0.2, -0.15) is 0 Å². The molecule has 1 saturated carbocycles. The van der Waals surface area contributed by atoms with Gasteiger partial charge in [0.25, 0.3) is 0 Å². The van der Waals surface area contributed by atoms with Gasteiger partial charge in [-0.1, -0.05) is 60.0 Å². The molecule has 0 spiro atoms. The van der Waals surface area contributed by atoms with Gasteiger partial charge in [0.05, 0.1) is 5.75 Å². The van der Waals surface area contributed by atoms with Crippen molar-refractivity contribution in [3.8, 4) is 0 Å². The van der Waals surface area contributed by atoms with Crippen molar-refractivity contribution in [1.82, 2.24) is 10.2 Å². The minimum atomic E-state index is -0.0840. The maximum atomic E-state index is 12.0. The van der Waals surface area contributed by atoms with Crippen LogP contribution in [0.4, 0.5) is 10.8 Å². The number of halogens is 1. The van der Waals surface area contributed by atoms with Crippen LogP contribution < -0.4 is 10.6 Å². The average molecular weight is 383 g/mol. The van der Waals surface area contributed by atoms with Gasteiger partial charge < -0.3 is 10.6 Å². The highest BCUT2D eigenvalue weighted by molar-refractivity contribution is 8.01. The monoisotopic (exact) mass is 382 g/mol. The molecule has 0 unspecified atom stereocenters. The van der Waals surface area contributed by atoms with Crippen molar-refractivity contribution in [3.63, 3.8) is 0 Å². The molecule has 0 saturated heterocycles. The Morgan fingerprint density at radius 2 is 2.12 bits per heavy atom. The molecule has 1 aromatic carbocycles. The Morgan fingerprint density at radius 1 is 1.29 bits per heavy atom. The first-order valence-electron chi connectivity index (χ1n) is 7.97. The fourth-order valence-electron chi connectivity index (χ4n) is 2.64. The summed E-state index contributed by atoms with van der Waals surface area (Å²) in [6, 6.07) is 7.62. The fraction of sp³-hybridized carbons (Fsp3) is 0.438. The topological polar surface area (TPSA) is 66.9 Å². The molecule has 1 aliphatic rings. The Balaban J connectivity index is 1.45. The molecule has 0 atom stereocenters. The van der Waals surface area contributed by atoms with Gasteiger partial charge in [0.2, 0.25) is 11.0 Å². The molecule has 3 rings (SSSR count). The number of anilines is 2. The summed E-state index contributed by atoms with van der Waals surface area (Å²) in [5.41, 5.74) is 0.699. The SMILES string of the molecule is O=C(CSc1nnc(NC2CCCCC2)s1)Nc1cccc(Cl)c1. The van der Waals surface area contributed by atoms with E-state index in [1.807, 2.05) is 6.07 Å². The second-order valence-electron chi connectivity index (χ2n) is 5.70. The van der Waals surface area contributed by atoms with E-state index in [1.54, 1.807) is 18.2 Å². The molecule has 128 valence electrons. The molecule has 8 heteroatoms. The number of hydrogen-bond donors (Lipinski definition) is 2. The zero-order chi connectivity index (χ0) is 16.8. The number of carbonyl (C=O) groups is 1. The average Bonchev–Trinajstić information content (AvgIpc) is 3.01. The van der Waals surface area contributed by atoms with Crippen molar-refractivity contribution in [2.24, 2.45) is 0 Å². The molecular formula is C16H19ClN4OS2. The van der Waals surface area contributed by atoms with Crippen molar-refractivity contribution < 1.29 is 4.79 Å². The van der Waals surface area contributed by atoms with Crippen LogP contribution in [-0.2, 0) is 4.79 Å². The van der Waals surface area contributed by atoms with Gasteiger partial charge in [0, 0.05) is 16.8 Å². The number of nitrogens with zero attached hydrogens (tertiary/aromatic N) is 2. The third-order valence-electron chi connectivity index (χ3n) is 3.77. The Hall–Kier alpha value is -1.31. The van der Waals surface area contributed by atoms with Crippen LogP contribution in [0.25, 0.3) is 0 Å². The lowest BCUT2D eigenvalue weighted by molar-refractivity contribution is -0.113. The first-order chi connectivity index (χ1) is 11.7. The van der Waals surface area contributed by atoms with E-state index in [1.165, 1.54) is 55.2 Å². The summed E-state index contributed by atoms with van der Waals surface area (Å²) in [6.07, 6.45) is 6.29. The first-order valence-corrected chi connectivity index (χ1v) is 10.2. The Morgan fingerprint density at radius 3 is 2.92 bits per heavy atom. The summed E-state index contributed by atoms with van der Waals surface area (Å²) in [5, 5.41) is 16.0. The summed E-state index contributed by atoms with van der Waals surface area (Å²) in [5.74, 6) is 0.212. The molecule has 2 N–H and O–H groups in total. The van der Waals surface area contributed by atoms with Crippen LogP contribution in [0.15, 0.2) is 28.6 Å². The van der Waals surface area contributed by atoms with Gasteiger partial charge >= 0.3 is 0 Å². The van der Waals surface area contributed by atoms with E-state index in [0.29, 0.717) is 22.5 Å². The van der Waals surface area contributed by atoms with Gasteiger partial charge in [0.15, 0.2) is 4.34 Å². The molecular weight excluding hydrogens is 364 g/mol. The summed E-state index contributed by atoms with van der Waals surface area (Å²) >= 11 is 8.80. The van der Waals surface area contributed by atoms with Crippen molar-refractivity contribution >= 4 is 51.4 Å². The second-order valence-corrected chi connectivity index (χ2v) is 8.34. The van der Waals surface area contributed by atoms with Gasteiger partial charge in [0.1, 0.15) is 0 Å². The highest BCUT2D eigenvalue weighted by Gasteiger charge is 2.15. The predicted molar refractivity (Wildman–Crippen MR) is 101 cm³/mol. The third kappa shape index (κ3) is 5.36. The molecule has 1 heterocycles. The maximum absolute atomic E-state index is 12.0. The van der Waals surface area contributed by atoms with E-state index in [-0.39, 0.29) is 5.91 Å². The molecule has 0 bridgehead atoms. The minimum Gasteiger partial charge on any atom is -0.357 e. The highest BCUT2D eigenvalue weighted by atomic mass is 35.5. The van der Waals surface area contributed by atoms with Crippen molar-refractivity contribution in [2.75, 3.05) is 16.4 Å². The van der Waals surface area contributed by atoms with Gasteiger partial charge in [-0.25, -0.2) is 0 Å². The molecule has 24 heavy (non-hydrogen) atoms. The van der Waals surface area contributed by atoms with Crippen LogP contribution in [0, 0.1) is 0 Å². The van der Waals surface area contributed by atoms with E-state index >= 15 is 0 Å². The number of thioether (sulfide) groups is 1. The molecule has 5 nitrogen and oxygen atoms in total. The number of aromatic nitrogens is 2. The molecule has 2 aromatic rings. The Kier molecular flexibility index (Phi) is 6.34. The highest BCUT2D eigenvalue weighted by Crippen LogP contribution is 2.28. The van der Waals surface area contributed by atoms with E-state index in [0.717, 1.165) is 9.47 Å². The fourth-order valence-corrected chi connectivity index (χ4v) is 4.46. The summed E-state index contributed by atoms with van der Waals surface area (Å²) in [4.78, 5) is 12.0. The number of amides is 1. The smallest absolute Gasteiger partial charge is 0.234 e. The lowest BCUT2D eigenvalue weighted by Crippen LogP contribution is -2.21. The molecule has 1 amide bonds. The van der Waals surface area contributed by atoms with Crippen LogP contribution in [0.2, 0.25) is 5.02 Å². The van der Waals surface area contributed by atoms with Crippen molar-refractivity contribution in [2.45, 2.75) is 42.5 Å². The van der Waals surface area contributed by atoms with E-state index in [2.05, 4.69) is 20.8 Å². The zero-order valence-electron chi connectivity index (χ0n) is 13.1. The molecule has 1 aliphatic carbocycles. The summed E-state index contributed by atoms with van der Waals surface area (Å²) in [6.45, 7) is 0. The summed E-state index contributed by atoms with van der Waals surface area (Å²) < 4.78 is 0.801. The second kappa shape index (κ2) is 8.69. The normalized spacial score (nSPS) is 15.2. The molecule has 0 aliphatic heterocycles. The largest absolute Gasteiger partial charge is 0.357 e. The predicted octanol–water partition coefficient (Wildman–Crippen LogP) is 4.67. The lowest BCUT2D eigenvalue weighted by atomic mass is 9.96. The van der Waals surface area contributed by atoms with E-state index in [9.17, 15) is 4.79 Å². The van der Waals surface area contributed by atoms with Crippen LogP contribution in [0.5, 0.6) is 0 Å². The van der Waals surface area contributed by atoms with Gasteiger partial charge in [-0.3, -0.25) is 4.79 Å². The number of nitrogens with one attached hydrogen (secondary N) is 2. The van der Waals surface area contributed by atoms with E-state index < -0.39 is 0 Å². The van der Waals surface area contributed by atoms with Gasteiger partial charge in [-0.05, 0) is 31.0 Å². The van der Waals surface area contributed by atoms with E-state index in [4.69, 9.17) is 11.6 Å². The van der Waals surface area contributed by atoms with Crippen molar-refractivity contribution in [1.29, 1.82) is 0 Å². The third-order valence-corrected chi connectivity index (χ3v) is 6.00. The molecule has 0 radical (unpaired) electrons. The number of carbonyl (C=O) groups excluding carboxylic acids is 1. The molecule has 1 aromatic heterocycles. The summed E-state index contributed by atoms with van der Waals surface area (Å²) in [7, 11) is 0. The Labute approximate surface area is 154 Å². The first kappa shape index (κ1) is 17.5. The number of hydrogen-bond acceptors (Lipinski definition) is 6. The molecule has 1 fully saturated rings.